The Morgan fingerprint density at radius 3 is 2.19 bits per heavy atom. The average molecular weight is 217 g/mol. The molecule has 0 N–H and O–H groups in total. The summed E-state index contributed by atoms with van der Waals surface area (Å²) in [6.45, 7) is 4.27. The third-order valence-corrected chi connectivity index (χ3v) is 3.04. The van der Waals surface area contributed by atoms with E-state index < -0.39 is 0 Å². The molecule has 0 aromatic heterocycles. The van der Waals surface area contributed by atoms with Crippen LogP contribution in [0.1, 0.15) is 18.5 Å². The number of likely N-dealkylation sites (N-methyl/N-ethyl adjacent to an activating group) is 2. The summed E-state index contributed by atoms with van der Waals surface area (Å²) in [6, 6.07) is 10.6. The Labute approximate surface area is 97.4 Å². The van der Waals surface area contributed by atoms with Crippen molar-refractivity contribution in [3.05, 3.63) is 35.9 Å². The highest BCUT2D eigenvalue weighted by Crippen LogP contribution is 2.18. The molecule has 1 fully saturated rings. The Hall–Kier alpha value is -1.51. The first-order valence-electron chi connectivity index (χ1n) is 5.73. The molecule has 0 saturated carbocycles. The van der Waals surface area contributed by atoms with Crippen LogP contribution in [0.5, 0.6) is 0 Å². The molecule has 1 aromatic rings. The van der Waals surface area contributed by atoms with Gasteiger partial charge in [0.2, 0.25) is 0 Å². The molecular formula is C13H19N3. The van der Waals surface area contributed by atoms with E-state index >= 15 is 0 Å². The van der Waals surface area contributed by atoms with E-state index in [9.17, 15) is 0 Å². The predicted molar refractivity (Wildman–Crippen MR) is 67.6 cm³/mol. The molecule has 0 bridgehead atoms. The van der Waals surface area contributed by atoms with Gasteiger partial charge in [0.05, 0.1) is 6.04 Å². The van der Waals surface area contributed by atoms with Crippen LogP contribution in [0, 0.1) is 0 Å². The number of guanidine groups is 1. The molecule has 86 valence electrons. The first-order valence-corrected chi connectivity index (χ1v) is 5.73. The number of hydrogen-bond acceptors (Lipinski definition) is 1. The molecule has 1 aliphatic heterocycles. The molecule has 1 unspecified atom stereocenters. The minimum Gasteiger partial charge on any atom is -0.344 e. The van der Waals surface area contributed by atoms with E-state index in [0.717, 1.165) is 19.0 Å². The molecule has 3 nitrogen and oxygen atoms in total. The molecule has 1 atom stereocenters. The van der Waals surface area contributed by atoms with Gasteiger partial charge in [-0.1, -0.05) is 30.3 Å². The zero-order valence-electron chi connectivity index (χ0n) is 10.2. The maximum Gasteiger partial charge on any atom is 0.196 e. The van der Waals surface area contributed by atoms with Gasteiger partial charge in [0.25, 0.3) is 0 Å². The van der Waals surface area contributed by atoms with Crippen LogP contribution in [0.15, 0.2) is 35.3 Å². The van der Waals surface area contributed by atoms with E-state index in [1.54, 1.807) is 0 Å². The van der Waals surface area contributed by atoms with Crippen molar-refractivity contribution in [3.63, 3.8) is 0 Å². The first kappa shape index (κ1) is 11.0. The average Bonchev–Trinajstić information content (AvgIpc) is 2.62. The molecule has 0 amide bonds. The summed E-state index contributed by atoms with van der Waals surface area (Å²) in [5, 5.41) is 0. The fourth-order valence-electron chi connectivity index (χ4n) is 1.97. The second-order valence-electron chi connectivity index (χ2n) is 4.36. The highest BCUT2D eigenvalue weighted by atomic mass is 15.4. The number of nitrogens with zero attached hydrogens (tertiary/aromatic N) is 3. The van der Waals surface area contributed by atoms with Gasteiger partial charge in [0.15, 0.2) is 5.96 Å². The quantitative estimate of drug-likeness (QED) is 0.754. The fraction of sp³-hybridized carbons (Fsp3) is 0.462. The summed E-state index contributed by atoms with van der Waals surface area (Å²) < 4.78 is 0. The van der Waals surface area contributed by atoms with Gasteiger partial charge in [-0.3, -0.25) is 0 Å². The van der Waals surface area contributed by atoms with E-state index in [2.05, 4.69) is 55.1 Å². The first-order chi connectivity index (χ1) is 7.68. The third-order valence-electron chi connectivity index (χ3n) is 3.04. The van der Waals surface area contributed by atoms with E-state index in [1.807, 2.05) is 6.07 Å². The van der Waals surface area contributed by atoms with Gasteiger partial charge < -0.3 is 9.80 Å². The number of benzene rings is 1. The van der Waals surface area contributed by atoms with Crippen LogP contribution in [-0.4, -0.2) is 42.9 Å². The van der Waals surface area contributed by atoms with Crippen molar-refractivity contribution in [1.29, 1.82) is 0 Å². The molecule has 1 aliphatic rings. The monoisotopic (exact) mass is 217 g/mol. The molecule has 16 heavy (non-hydrogen) atoms. The molecular weight excluding hydrogens is 198 g/mol. The maximum atomic E-state index is 4.78. The largest absolute Gasteiger partial charge is 0.344 e. The molecule has 1 saturated heterocycles. The van der Waals surface area contributed by atoms with Crippen molar-refractivity contribution in [2.75, 3.05) is 27.2 Å². The lowest BCUT2D eigenvalue weighted by molar-refractivity contribution is 0.553. The Balaban J connectivity index is 2.17. The summed E-state index contributed by atoms with van der Waals surface area (Å²) in [4.78, 5) is 9.19. The number of rotatable bonds is 2. The van der Waals surface area contributed by atoms with Crippen LogP contribution in [-0.2, 0) is 0 Å². The summed E-state index contributed by atoms with van der Waals surface area (Å²) in [5.41, 5.74) is 1.27. The van der Waals surface area contributed by atoms with Crippen LogP contribution in [0.4, 0.5) is 0 Å². The Bertz CT molecular complexity index is 360. The molecule has 3 heteroatoms. The highest BCUT2D eigenvalue weighted by Gasteiger charge is 2.20. The van der Waals surface area contributed by atoms with Crippen LogP contribution < -0.4 is 0 Å². The molecule has 1 aromatic carbocycles. The third kappa shape index (κ3) is 2.18. The number of hydrogen-bond donors (Lipinski definition) is 0. The van der Waals surface area contributed by atoms with Gasteiger partial charge in [0, 0.05) is 27.2 Å². The predicted octanol–water partition coefficient (Wildman–Crippen LogP) is 1.98. The maximum absolute atomic E-state index is 4.78. The van der Waals surface area contributed by atoms with E-state index in [-0.39, 0.29) is 6.04 Å². The lowest BCUT2D eigenvalue weighted by atomic mass is 10.1. The van der Waals surface area contributed by atoms with Crippen molar-refractivity contribution >= 4 is 5.96 Å². The van der Waals surface area contributed by atoms with Gasteiger partial charge in [-0.2, -0.15) is 0 Å². The number of aliphatic imine (C=N–C) groups is 1. The van der Waals surface area contributed by atoms with E-state index in [4.69, 9.17) is 4.99 Å². The van der Waals surface area contributed by atoms with Gasteiger partial charge >= 0.3 is 0 Å². The summed E-state index contributed by atoms with van der Waals surface area (Å²) in [5.74, 6) is 1.09. The van der Waals surface area contributed by atoms with Crippen LogP contribution in [0.3, 0.4) is 0 Å². The zero-order chi connectivity index (χ0) is 11.5. The van der Waals surface area contributed by atoms with Crippen LogP contribution in [0.25, 0.3) is 0 Å². The van der Waals surface area contributed by atoms with Crippen molar-refractivity contribution in [2.24, 2.45) is 4.99 Å². The summed E-state index contributed by atoms with van der Waals surface area (Å²) >= 11 is 0. The SMILES string of the molecule is CC(N=C1N(C)CCN1C)c1ccccc1. The molecule has 0 aliphatic carbocycles. The molecule has 1 heterocycles. The molecule has 0 spiro atoms. The van der Waals surface area contributed by atoms with Gasteiger partial charge in [-0.25, -0.2) is 4.99 Å². The van der Waals surface area contributed by atoms with Crippen molar-refractivity contribution in [3.8, 4) is 0 Å². The zero-order valence-corrected chi connectivity index (χ0v) is 10.2. The second kappa shape index (κ2) is 4.56. The van der Waals surface area contributed by atoms with Crippen LogP contribution >= 0.6 is 0 Å². The van der Waals surface area contributed by atoms with Crippen molar-refractivity contribution in [1.82, 2.24) is 9.80 Å². The highest BCUT2D eigenvalue weighted by molar-refractivity contribution is 5.81. The van der Waals surface area contributed by atoms with E-state index in [0.29, 0.717) is 0 Å². The molecule has 0 radical (unpaired) electrons. The van der Waals surface area contributed by atoms with Crippen molar-refractivity contribution in [2.45, 2.75) is 13.0 Å². The normalized spacial score (nSPS) is 17.8. The van der Waals surface area contributed by atoms with Gasteiger partial charge in [-0.05, 0) is 12.5 Å². The topological polar surface area (TPSA) is 18.8 Å². The molecule has 2 rings (SSSR count). The van der Waals surface area contributed by atoms with Gasteiger partial charge in [-0.15, -0.1) is 0 Å². The van der Waals surface area contributed by atoms with Crippen LogP contribution in [0.2, 0.25) is 0 Å². The lowest BCUT2D eigenvalue weighted by Crippen LogP contribution is -2.28. The van der Waals surface area contributed by atoms with E-state index in [1.165, 1.54) is 5.56 Å². The Kier molecular flexibility index (Phi) is 3.13. The van der Waals surface area contributed by atoms with Gasteiger partial charge in [0.1, 0.15) is 0 Å². The second-order valence-corrected chi connectivity index (χ2v) is 4.36. The Morgan fingerprint density at radius 1 is 1.06 bits per heavy atom. The summed E-state index contributed by atoms with van der Waals surface area (Å²) in [6.07, 6.45) is 0. The standard InChI is InChI=1S/C13H19N3/c1-11(12-7-5-4-6-8-12)14-13-15(2)9-10-16(13)3/h4-8,11H,9-10H2,1-3H3. The summed E-state index contributed by atoms with van der Waals surface area (Å²) in [7, 11) is 4.19. The minimum atomic E-state index is 0.221. The Morgan fingerprint density at radius 2 is 1.62 bits per heavy atom. The smallest absolute Gasteiger partial charge is 0.196 e. The minimum absolute atomic E-state index is 0.221. The fourth-order valence-corrected chi connectivity index (χ4v) is 1.97. The lowest BCUT2D eigenvalue weighted by Gasteiger charge is -2.18. The van der Waals surface area contributed by atoms with Crippen molar-refractivity contribution < 1.29 is 0 Å².